The third kappa shape index (κ3) is 9.56. The molecule has 0 spiro atoms. The molecule has 6 heteroatoms. The van der Waals surface area contributed by atoms with Crippen LogP contribution in [0.2, 0.25) is 0 Å². The first-order chi connectivity index (χ1) is 46.8. The Kier molecular flexibility index (Phi) is 13.1. The second kappa shape index (κ2) is 22.5. The van der Waals surface area contributed by atoms with Gasteiger partial charge in [0.1, 0.15) is 0 Å². The number of benzene rings is 16. The zero-order valence-electron chi connectivity index (χ0n) is 52.2. The van der Waals surface area contributed by atoms with Crippen molar-refractivity contribution in [3.63, 3.8) is 0 Å². The Morgan fingerprint density at radius 3 is 1.03 bits per heavy atom. The Labute approximate surface area is 549 Å². The molecule has 0 saturated heterocycles. The molecule has 95 heavy (non-hydrogen) atoms. The predicted molar refractivity (Wildman–Crippen MR) is 395 cm³/mol. The highest BCUT2D eigenvalue weighted by Gasteiger charge is 2.35. The van der Waals surface area contributed by atoms with Gasteiger partial charge in [0.25, 0.3) is 0 Å². The fraction of sp³-hybridized carbons (Fsp3) is 0.0337. The molecule has 1 aliphatic rings. The van der Waals surface area contributed by atoms with Gasteiger partial charge in [0, 0.05) is 38.8 Å². The van der Waals surface area contributed by atoms with Crippen molar-refractivity contribution >= 4 is 86.2 Å². The molecule has 0 bridgehead atoms. The average molecular weight is 1210 g/mol. The minimum atomic E-state index is -0.112. The molecule has 19 rings (SSSR count). The maximum Gasteiger partial charge on any atom is 0.164 e. The summed E-state index contributed by atoms with van der Waals surface area (Å²) in [5, 5.41) is 20.1. The van der Waals surface area contributed by atoms with Crippen LogP contribution in [-0.2, 0) is 5.41 Å². The lowest BCUT2D eigenvalue weighted by atomic mass is 9.82. The van der Waals surface area contributed by atoms with E-state index >= 15 is 0 Å². The molecule has 1 aliphatic carbocycles. The van der Waals surface area contributed by atoms with Gasteiger partial charge in [-0.3, -0.25) is 0 Å². The number of rotatable bonds is 7. The van der Waals surface area contributed by atoms with E-state index in [9.17, 15) is 0 Å². The van der Waals surface area contributed by atoms with Crippen LogP contribution in [0.3, 0.4) is 0 Å². The SMILES string of the molecule is CC1(C)c2ccccc2-c2ccc(-c3nc(-c4ccccc4)nc(-c4ccc5c(ccc6c5ccc5c7ccccc7ccc56)c4)n3)cc21.c1ccc(-c2nc(-c3ccccc3)nc(-c3cccc(-c4cccc5c4ccc4c5ccc5c6ccccc6ccc54)c3)n2)cc1. The largest absolute Gasteiger partial charge is 0.208 e. The van der Waals surface area contributed by atoms with Crippen LogP contribution < -0.4 is 0 Å². The third-order valence-corrected chi connectivity index (χ3v) is 19.4. The van der Waals surface area contributed by atoms with Crippen molar-refractivity contribution in [2.24, 2.45) is 0 Å². The summed E-state index contributed by atoms with van der Waals surface area (Å²) < 4.78 is 0. The Hall–Kier alpha value is -12.4. The molecule has 2 aromatic heterocycles. The Bertz CT molecular complexity index is 6070. The maximum atomic E-state index is 5.14. The van der Waals surface area contributed by atoms with E-state index in [1.54, 1.807) is 0 Å². The van der Waals surface area contributed by atoms with E-state index in [-0.39, 0.29) is 5.41 Å². The number of nitrogens with zero attached hydrogens (tertiary/aromatic N) is 6. The number of fused-ring (bicyclic) bond motifs is 17. The van der Waals surface area contributed by atoms with E-state index in [0.717, 1.165) is 44.3 Å². The van der Waals surface area contributed by atoms with E-state index < -0.39 is 0 Å². The van der Waals surface area contributed by atoms with E-state index in [4.69, 9.17) is 29.9 Å². The van der Waals surface area contributed by atoms with Gasteiger partial charge < -0.3 is 0 Å². The Balaban J connectivity index is 0.000000139. The Morgan fingerprint density at radius 2 is 0.495 bits per heavy atom. The lowest BCUT2D eigenvalue weighted by Crippen LogP contribution is -2.15. The van der Waals surface area contributed by atoms with Crippen LogP contribution in [0.4, 0.5) is 0 Å². The molecule has 6 nitrogen and oxygen atoms in total. The fourth-order valence-corrected chi connectivity index (χ4v) is 14.7. The van der Waals surface area contributed by atoms with Gasteiger partial charge in [-0.2, -0.15) is 0 Å². The van der Waals surface area contributed by atoms with E-state index in [0.29, 0.717) is 34.9 Å². The first kappa shape index (κ1) is 55.5. The molecule has 0 N–H and O–H groups in total. The quantitative estimate of drug-likeness (QED) is 0.148. The monoisotopic (exact) mass is 1210 g/mol. The summed E-state index contributed by atoms with van der Waals surface area (Å²) in [6, 6.07) is 112. The molecule has 0 atom stereocenters. The van der Waals surface area contributed by atoms with E-state index in [1.807, 2.05) is 78.9 Å². The zero-order valence-corrected chi connectivity index (χ0v) is 52.2. The summed E-state index contributed by atoms with van der Waals surface area (Å²) in [6.45, 7) is 4.61. The predicted octanol–water partition coefficient (Wildman–Crippen LogP) is 22.9. The van der Waals surface area contributed by atoms with Crippen molar-refractivity contribution in [2.75, 3.05) is 0 Å². The molecule has 18 aromatic rings. The van der Waals surface area contributed by atoms with Crippen LogP contribution in [0.5, 0.6) is 0 Å². The summed E-state index contributed by atoms with van der Waals surface area (Å²) in [7, 11) is 0. The summed E-state index contributed by atoms with van der Waals surface area (Å²) in [5.74, 6) is 3.98. The molecule has 0 radical (unpaired) electrons. The lowest BCUT2D eigenvalue weighted by molar-refractivity contribution is 0.660. The number of hydrogen-bond acceptors (Lipinski definition) is 6. The summed E-state index contributed by atoms with van der Waals surface area (Å²) in [6.07, 6.45) is 0. The highest BCUT2D eigenvalue weighted by atomic mass is 15.0. The van der Waals surface area contributed by atoms with Gasteiger partial charge in [-0.15, -0.1) is 0 Å². The smallest absolute Gasteiger partial charge is 0.164 e. The van der Waals surface area contributed by atoms with Gasteiger partial charge in [0.05, 0.1) is 0 Å². The lowest BCUT2D eigenvalue weighted by Gasteiger charge is -2.21. The third-order valence-electron chi connectivity index (χ3n) is 19.4. The molecule has 2 heterocycles. The summed E-state index contributed by atoms with van der Waals surface area (Å²) in [5.41, 5.74) is 13.2. The molecular weight excluding hydrogens is 1150 g/mol. The van der Waals surface area contributed by atoms with Crippen molar-refractivity contribution in [3.05, 3.63) is 327 Å². The van der Waals surface area contributed by atoms with Crippen molar-refractivity contribution in [1.29, 1.82) is 0 Å². The standard InChI is InChI=1S/C46H31N3.C43H27N3/c1-46(2)41-15-9-8-14-39(41)40-23-19-32(27-42(40)46)45-48-43(29-11-4-3-5-12-29)47-44(49-45)31-18-20-34-30(26-31)17-22-38-36(34)25-24-35-33-13-7-6-10-28(33)16-21-37(35)38;1-3-12-29(13-4-1)41-44-42(30-14-5-2-6-15-30)46-43(45-41)32-17-9-16-31(27-32)34-19-10-20-35-37(34)24-26-40-38-22-21-28-11-7-8-18-33(28)36(38)23-25-39(35)40/h3-27H,1-2H3;1-27H. The number of hydrogen-bond donors (Lipinski definition) is 0. The molecule has 16 aromatic carbocycles. The molecule has 0 fully saturated rings. The molecule has 0 unspecified atom stereocenters. The van der Waals surface area contributed by atoms with Crippen LogP contribution in [0.15, 0.2) is 315 Å². The van der Waals surface area contributed by atoms with Crippen molar-refractivity contribution in [3.8, 4) is 90.6 Å². The highest BCUT2D eigenvalue weighted by molar-refractivity contribution is 6.24. The first-order valence-electron chi connectivity index (χ1n) is 32.4. The van der Waals surface area contributed by atoms with E-state index in [2.05, 4.69) is 250 Å². The molecular formula is C89H58N6. The van der Waals surface area contributed by atoms with Gasteiger partial charge >= 0.3 is 0 Å². The van der Waals surface area contributed by atoms with Gasteiger partial charge in [-0.05, 0) is 138 Å². The fourth-order valence-electron chi connectivity index (χ4n) is 14.7. The molecule has 0 aliphatic heterocycles. The average Bonchev–Trinajstić information content (AvgIpc) is 1.74. The van der Waals surface area contributed by atoms with E-state index in [1.165, 1.54) is 109 Å². The minimum absolute atomic E-state index is 0.112. The van der Waals surface area contributed by atoms with Gasteiger partial charge in [0.2, 0.25) is 0 Å². The normalized spacial score (nSPS) is 12.4. The van der Waals surface area contributed by atoms with Gasteiger partial charge in [-0.1, -0.05) is 311 Å². The summed E-state index contributed by atoms with van der Waals surface area (Å²) >= 11 is 0. The van der Waals surface area contributed by atoms with Crippen molar-refractivity contribution in [2.45, 2.75) is 19.3 Å². The maximum absolute atomic E-state index is 5.14. The zero-order chi connectivity index (χ0) is 63.1. The molecule has 0 amide bonds. The van der Waals surface area contributed by atoms with Crippen LogP contribution in [0.1, 0.15) is 25.0 Å². The second-order valence-electron chi connectivity index (χ2n) is 25.3. The first-order valence-corrected chi connectivity index (χ1v) is 32.4. The second-order valence-corrected chi connectivity index (χ2v) is 25.3. The van der Waals surface area contributed by atoms with Crippen molar-refractivity contribution in [1.82, 2.24) is 29.9 Å². The van der Waals surface area contributed by atoms with Gasteiger partial charge in [-0.25, -0.2) is 29.9 Å². The Morgan fingerprint density at radius 1 is 0.179 bits per heavy atom. The summed E-state index contributed by atoms with van der Waals surface area (Å²) in [4.78, 5) is 30.0. The van der Waals surface area contributed by atoms with Crippen LogP contribution >= 0.6 is 0 Å². The topological polar surface area (TPSA) is 77.3 Å². The van der Waals surface area contributed by atoms with Crippen LogP contribution in [0.25, 0.3) is 177 Å². The van der Waals surface area contributed by atoms with Crippen LogP contribution in [0, 0.1) is 0 Å². The minimum Gasteiger partial charge on any atom is -0.208 e. The van der Waals surface area contributed by atoms with Crippen LogP contribution in [-0.4, -0.2) is 29.9 Å². The van der Waals surface area contributed by atoms with Crippen molar-refractivity contribution < 1.29 is 0 Å². The highest BCUT2D eigenvalue weighted by Crippen LogP contribution is 2.50. The van der Waals surface area contributed by atoms with Gasteiger partial charge in [0.15, 0.2) is 34.9 Å². The molecule has 0 saturated carbocycles. The molecule has 444 valence electrons. The number of aromatic nitrogens is 6.